The molecule has 0 saturated carbocycles. The molecule has 0 atom stereocenters. The van der Waals surface area contributed by atoms with Crippen molar-refractivity contribution in [1.29, 1.82) is 0 Å². The van der Waals surface area contributed by atoms with Crippen molar-refractivity contribution in [3.63, 3.8) is 0 Å². The number of aliphatic hydroxyl groups excluding tert-OH is 1. The minimum atomic E-state index is -0.433. The fraction of sp³-hybridized carbons (Fsp3) is 0.500. The molecule has 0 aliphatic heterocycles. The van der Waals surface area contributed by atoms with Crippen LogP contribution in [0.2, 0.25) is 0 Å². The van der Waals surface area contributed by atoms with Crippen molar-refractivity contribution in [1.82, 2.24) is 0 Å². The fourth-order valence-corrected chi connectivity index (χ4v) is 0.522. The van der Waals surface area contributed by atoms with Crippen molar-refractivity contribution in [3.8, 4) is 0 Å². The van der Waals surface area contributed by atoms with Gasteiger partial charge >= 0.3 is 5.97 Å². The van der Waals surface area contributed by atoms with Crippen LogP contribution in [0.4, 0.5) is 0 Å². The highest BCUT2D eigenvalue weighted by Gasteiger charge is 2.02. The van der Waals surface area contributed by atoms with Gasteiger partial charge in [0.25, 0.3) is 0 Å². The van der Waals surface area contributed by atoms with E-state index in [4.69, 9.17) is 5.11 Å². The summed E-state index contributed by atoms with van der Waals surface area (Å²) in [7, 11) is 0. The second-order valence-electron chi connectivity index (χ2n) is 1.92. The first kappa shape index (κ1) is 9.95. The van der Waals surface area contributed by atoms with E-state index in [2.05, 4.69) is 10.5 Å². The minimum absolute atomic E-state index is 0.0432. The molecule has 0 saturated heterocycles. The highest BCUT2D eigenvalue weighted by Crippen LogP contribution is 1.92. The van der Waals surface area contributed by atoms with Gasteiger partial charge in [0.2, 0.25) is 0 Å². The number of aliphatic hydroxyl groups is 1. The van der Waals surface area contributed by atoms with Crippen LogP contribution in [-0.2, 0) is 9.53 Å². The summed E-state index contributed by atoms with van der Waals surface area (Å²) in [4.78, 5) is 10.8. The van der Waals surface area contributed by atoms with E-state index in [1.807, 2.05) is 0 Å². The van der Waals surface area contributed by atoms with Crippen molar-refractivity contribution in [2.75, 3.05) is 13.2 Å². The van der Waals surface area contributed by atoms with Gasteiger partial charge in [-0.1, -0.05) is 0 Å². The van der Waals surface area contributed by atoms with Gasteiger partial charge in [-0.2, -0.15) is 0 Å². The van der Waals surface area contributed by atoms with Crippen LogP contribution >= 0.6 is 0 Å². The molecule has 0 aromatic heterocycles. The Morgan fingerprint density at radius 2 is 2.36 bits per heavy atom. The van der Waals surface area contributed by atoms with Crippen molar-refractivity contribution < 1.29 is 14.6 Å². The van der Waals surface area contributed by atoms with Crippen LogP contribution in [0.5, 0.6) is 0 Å². The number of esters is 1. The van der Waals surface area contributed by atoms with Crippen LogP contribution in [0.25, 0.3) is 0 Å². The minimum Gasteiger partial charge on any atom is -0.459 e. The molecule has 3 heteroatoms. The zero-order valence-corrected chi connectivity index (χ0v) is 6.76. The molecule has 0 radical (unpaired) electrons. The zero-order valence-electron chi connectivity index (χ0n) is 6.76. The fourth-order valence-electron chi connectivity index (χ4n) is 0.522. The van der Waals surface area contributed by atoms with Crippen molar-refractivity contribution in [2.24, 2.45) is 0 Å². The predicted octanol–water partition coefficient (Wildman–Crippen LogP) is 0.643. The standard InChI is InChI=1S/C8H12O3/c1-3-4-7(2)8(10)11-6-5-9/h3,9H,5-6H2,1-2H3. The van der Waals surface area contributed by atoms with Gasteiger partial charge in [0.05, 0.1) is 12.2 Å². The molecule has 0 aromatic carbocycles. The third-order valence-electron chi connectivity index (χ3n) is 0.991. The molecular formula is C8H12O3. The smallest absolute Gasteiger partial charge is 0.341 e. The van der Waals surface area contributed by atoms with E-state index in [9.17, 15) is 4.79 Å². The Morgan fingerprint density at radius 3 is 2.82 bits per heavy atom. The lowest BCUT2D eigenvalue weighted by molar-refractivity contribution is -0.139. The number of rotatable bonds is 3. The van der Waals surface area contributed by atoms with E-state index in [0.29, 0.717) is 5.57 Å². The second-order valence-corrected chi connectivity index (χ2v) is 1.92. The first-order chi connectivity index (χ1) is 5.22. The van der Waals surface area contributed by atoms with E-state index in [-0.39, 0.29) is 13.2 Å². The Bertz CT molecular complexity index is 188. The van der Waals surface area contributed by atoms with E-state index < -0.39 is 5.97 Å². The molecule has 11 heavy (non-hydrogen) atoms. The van der Waals surface area contributed by atoms with Gasteiger partial charge in [-0.25, -0.2) is 4.79 Å². The van der Waals surface area contributed by atoms with Crippen LogP contribution in [0.1, 0.15) is 13.8 Å². The van der Waals surface area contributed by atoms with Crippen LogP contribution < -0.4 is 0 Å². The Morgan fingerprint density at radius 1 is 1.73 bits per heavy atom. The van der Waals surface area contributed by atoms with Gasteiger partial charge < -0.3 is 9.84 Å². The van der Waals surface area contributed by atoms with Crippen molar-refractivity contribution in [2.45, 2.75) is 13.8 Å². The molecule has 0 bridgehead atoms. The lowest BCUT2D eigenvalue weighted by atomic mass is 10.3. The van der Waals surface area contributed by atoms with Crippen LogP contribution in [0, 0.1) is 0 Å². The summed E-state index contributed by atoms with van der Waals surface area (Å²) in [6.45, 7) is 3.28. The summed E-state index contributed by atoms with van der Waals surface area (Å²) in [6.07, 6.45) is 1.63. The lowest BCUT2D eigenvalue weighted by Gasteiger charge is -1.99. The summed E-state index contributed by atoms with van der Waals surface area (Å²) in [5, 5.41) is 8.31. The number of hydrogen-bond acceptors (Lipinski definition) is 3. The molecule has 0 fully saturated rings. The van der Waals surface area contributed by atoms with Crippen molar-refractivity contribution in [3.05, 3.63) is 17.4 Å². The van der Waals surface area contributed by atoms with Crippen LogP contribution in [0.15, 0.2) is 17.4 Å². The normalized spacial score (nSPS) is 8.27. The Kier molecular flexibility index (Phi) is 5.17. The average Bonchev–Trinajstić information content (AvgIpc) is 2.00. The van der Waals surface area contributed by atoms with Gasteiger partial charge in [-0.05, 0) is 19.9 Å². The topological polar surface area (TPSA) is 46.5 Å². The molecule has 1 N–H and O–H groups in total. The highest BCUT2D eigenvalue weighted by atomic mass is 16.5. The molecule has 0 spiro atoms. The maximum atomic E-state index is 10.8. The third kappa shape index (κ3) is 4.37. The van der Waals surface area contributed by atoms with E-state index in [1.165, 1.54) is 0 Å². The lowest BCUT2D eigenvalue weighted by Crippen LogP contribution is -2.08. The van der Waals surface area contributed by atoms with Crippen LogP contribution in [0.3, 0.4) is 0 Å². The van der Waals surface area contributed by atoms with Gasteiger partial charge in [-0.15, -0.1) is 5.73 Å². The molecule has 0 amide bonds. The maximum absolute atomic E-state index is 10.8. The molecule has 0 heterocycles. The first-order valence-corrected chi connectivity index (χ1v) is 3.38. The monoisotopic (exact) mass is 156 g/mol. The average molecular weight is 156 g/mol. The Hall–Kier alpha value is -1.05. The molecule has 0 unspecified atom stereocenters. The predicted molar refractivity (Wildman–Crippen MR) is 41.0 cm³/mol. The van der Waals surface area contributed by atoms with E-state index in [1.54, 1.807) is 19.9 Å². The summed E-state index contributed by atoms with van der Waals surface area (Å²) in [5.41, 5.74) is 3.11. The maximum Gasteiger partial charge on any atom is 0.341 e. The first-order valence-electron chi connectivity index (χ1n) is 3.38. The Balaban J connectivity index is 3.94. The van der Waals surface area contributed by atoms with Gasteiger partial charge in [0.15, 0.2) is 0 Å². The summed E-state index contributed by atoms with van der Waals surface area (Å²) in [6, 6.07) is 0. The summed E-state index contributed by atoms with van der Waals surface area (Å²) >= 11 is 0. The number of ether oxygens (including phenoxy) is 1. The number of carbonyl (C=O) groups is 1. The quantitative estimate of drug-likeness (QED) is 0.370. The number of carbonyl (C=O) groups excluding carboxylic acids is 1. The molecule has 62 valence electrons. The summed E-state index contributed by atoms with van der Waals surface area (Å²) < 4.78 is 4.60. The number of hydrogen-bond donors (Lipinski definition) is 1. The van der Waals surface area contributed by atoms with E-state index >= 15 is 0 Å². The second kappa shape index (κ2) is 5.71. The zero-order chi connectivity index (χ0) is 8.69. The van der Waals surface area contributed by atoms with Crippen molar-refractivity contribution >= 4 is 5.97 Å². The molecule has 0 aromatic rings. The largest absolute Gasteiger partial charge is 0.459 e. The molecule has 0 rings (SSSR count). The Labute approximate surface area is 66.0 Å². The molecule has 0 aliphatic carbocycles. The van der Waals surface area contributed by atoms with Crippen LogP contribution in [-0.4, -0.2) is 24.3 Å². The van der Waals surface area contributed by atoms with Gasteiger partial charge in [0, 0.05) is 0 Å². The van der Waals surface area contributed by atoms with E-state index in [0.717, 1.165) is 0 Å². The van der Waals surface area contributed by atoms with Gasteiger partial charge in [-0.3, -0.25) is 0 Å². The summed E-state index contributed by atoms with van der Waals surface area (Å²) in [5.74, 6) is -0.433. The highest BCUT2D eigenvalue weighted by molar-refractivity contribution is 5.87. The molecular weight excluding hydrogens is 144 g/mol. The SMILES string of the molecule is CC=C=C(C)C(=O)OCCO. The third-order valence-corrected chi connectivity index (χ3v) is 0.991. The van der Waals surface area contributed by atoms with Gasteiger partial charge in [0.1, 0.15) is 6.61 Å². The molecule has 0 aliphatic rings. The molecule has 3 nitrogen and oxygen atoms in total.